The molecule has 0 bridgehead atoms. The van der Waals surface area contributed by atoms with Crippen LogP contribution in [0.15, 0.2) is 84.9 Å². The summed E-state index contributed by atoms with van der Waals surface area (Å²) in [6, 6.07) is 29.1. The van der Waals surface area contributed by atoms with Crippen LogP contribution in [0, 0.1) is 0 Å². The molecular formula is C25H30N2O. The number of nitrogens with two attached hydrogens (primary N) is 1. The van der Waals surface area contributed by atoms with Gasteiger partial charge in [0.25, 0.3) is 0 Å². The lowest BCUT2D eigenvalue weighted by atomic mass is 9.97. The van der Waals surface area contributed by atoms with Crippen molar-refractivity contribution in [3.05, 3.63) is 102 Å². The Kier molecular flexibility index (Phi) is 7.24. The molecule has 3 heteroatoms. The van der Waals surface area contributed by atoms with Gasteiger partial charge in [-0.3, -0.25) is 4.90 Å². The van der Waals surface area contributed by atoms with Crippen molar-refractivity contribution in [3.8, 4) is 5.75 Å². The maximum atomic E-state index is 9.40. The highest BCUT2D eigenvalue weighted by atomic mass is 16.3. The van der Waals surface area contributed by atoms with E-state index in [1.54, 1.807) is 12.1 Å². The predicted octanol–water partition coefficient (Wildman–Crippen LogP) is 4.76. The Morgan fingerprint density at radius 3 is 1.89 bits per heavy atom. The molecule has 3 aromatic rings. The number of hydrogen-bond donors (Lipinski definition) is 2. The highest BCUT2D eigenvalue weighted by molar-refractivity contribution is 5.31. The van der Waals surface area contributed by atoms with Gasteiger partial charge in [-0.2, -0.15) is 0 Å². The van der Waals surface area contributed by atoms with Gasteiger partial charge in [0, 0.05) is 6.04 Å². The van der Waals surface area contributed by atoms with Gasteiger partial charge in [-0.05, 0) is 61.7 Å². The molecule has 3 rings (SSSR count). The molecule has 0 aliphatic heterocycles. The molecule has 0 aliphatic carbocycles. The molecule has 28 heavy (non-hydrogen) atoms. The summed E-state index contributed by atoms with van der Waals surface area (Å²) in [5, 5.41) is 9.40. The Morgan fingerprint density at radius 1 is 0.821 bits per heavy atom. The number of nitrogens with zero attached hydrogens (tertiary/aromatic N) is 1. The topological polar surface area (TPSA) is 49.5 Å². The molecule has 0 heterocycles. The zero-order chi connectivity index (χ0) is 19.8. The zero-order valence-electron chi connectivity index (χ0n) is 16.5. The van der Waals surface area contributed by atoms with Crippen LogP contribution in [0.1, 0.15) is 35.6 Å². The van der Waals surface area contributed by atoms with E-state index in [2.05, 4.69) is 72.6 Å². The molecule has 0 saturated heterocycles. The van der Waals surface area contributed by atoms with Crippen LogP contribution in [-0.2, 0) is 6.42 Å². The van der Waals surface area contributed by atoms with Gasteiger partial charge in [0.2, 0.25) is 0 Å². The SMILES string of the molecule is CN(CCCC(N)Cc1ccc(O)cc1)C(c1ccccc1)c1ccccc1. The van der Waals surface area contributed by atoms with E-state index in [1.165, 1.54) is 16.7 Å². The Balaban J connectivity index is 1.58. The van der Waals surface area contributed by atoms with E-state index in [4.69, 9.17) is 5.73 Å². The second-order valence-corrected chi connectivity index (χ2v) is 7.48. The molecular weight excluding hydrogens is 344 g/mol. The van der Waals surface area contributed by atoms with Crippen molar-refractivity contribution in [1.29, 1.82) is 0 Å². The Morgan fingerprint density at radius 2 is 1.36 bits per heavy atom. The lowest BCUT2D eigenvalue weighted by molar-refractivity contribution is 0.269. The van der Waals surface area contributed by atoms with Crippen molar-refractivity contribution in [2.75, 3.05) is 13.6 Å². The first-order valence-electron chi connectivity index (χ1n) is 9.97. The van der Waals surface area contributed by atoms with E-state index in [0.29, 0.717) is 5.75 Å². The highest BCUT2D eigenvalue weighted by Crippen LogP contribution is 2.27. The first-order valence-corrected chi connectivity index (χ1v) is 9.97. The van der Waals surface area contributed by atoms with Crippen molar-refractivity contribution in [2.45, 2.75) is 31.3 Å². The van der Waals surface area contributed by atoms with Crippen LogP contribution in [0.3, 0.4) is 0 Å². The maximum absolute atomic E-state index is 9.40. The summed E-state index contributed by atoms with van der Waals surface area (Å²) >= 11 is 0. The van der Waals surface area contributed by atoms with Gasteiger partial charge < -0.3 is 10.8 Å². The molecule has 0 aromatic heterocycles. The van der Waals surface area contributed by atoms with Crippen LogP contribution < -0.4 is 5.73 Å². The van der Waals surface area contributed by atoms with Crippen molar-refractivity contribution in [3.63, 3.8) is 0 Å². The summed E-state index contributed by atoms with van der Waals surface area (Å²) in [6.45, 7) is 0.984. The van der Waals surface area contributed by atoms with Gasteiger partial charge in [0.1, 0.15) is 5.75 Å². The normalized spacial score (nSPS) is 12.4. The summed E-state index contributed by atoms with van der Waals surface area (Å²) < 4.78 is 0. The van der Waals surface area contributed by atoms with Crippen molar-refractivity contribution in [2.24, 2.45) is 5.73 Å². The second kappa shape index (κ2) is 10.1. The first kappa shape index (κ1) is 20.1. The van der Waals surface area contributed by atoms with Gasteiger partial charge in [0.05, 0.1) is 6.04 Å². The summed E-state index contributed by atoms with van der Waals surface area (Å²) in [5.41, 5.74) is 10.1. The Bertz CT molecular complexity index is 779. The number of phenols is 1. The van der Waals surface area contributed by atoms with E-state index in [-0.39, 0.29) is 12.1 Å². The molecule has 0 aliphatic rings. The average molecular weight is 375 g/mol. The fourth-order valence-electron chi connectivity index (χ4n) is 3.74. The third-order valence-corrected chi connectivity index (χ3v) is 5.19. The largest absolute Gasteiger partial charge is 0.508 e. The number of aromatic hydroxyl groups is 1. The van der Waals surface area contributed by atoms with E-state index < -0.39 is 0 Å². The fraction of sp³-hybridized carbons (Fsp3) is 0.280. The smallest absolute Gasteiger partial charge is 0.115 e. The van der Waals surface area contributed by atoms with Gasteiger partial charge in [0.15, 0.2) is 0 Å². The standard InChI is InChI=1S/C25H30N2O/c1-27(18-8-13-23(26)19-20-14-16-24(28)17-15-20)25(21-9-4-2-5-10-21)22-11-6-3-7-12-22/h2-7,9-12,14-17,23,25,28H,8,13,18-19,26H2,1H3. The molecule has 0 spiro atoms. The molecule has 0 radical (unpaired) electrons. The Hall–Kier alpha value is -2.62. The van der Waals surface area contributed by atoms with Crippen LogP contribution in [0.25, 0.3) is 0 Å². The number of phenolic OH excluding ortho intramolecular Hbond substituents is 1. The number of benzene rings is 3. The lowest BCUT2D eigenvalue weighted by Gasteiger charge is -2.29. The lowest BCUT2D eigenvalue weighted by Crippen LogP contribution is -2.29. The van der Waals surface area contributed by atoms with Crippen LogP contribution in [0.2, 0.25) is 0 Å². The van der Waals surface area contributed by atoms with E-state index in [9.17, 15) is 5.11 Å². The van der Waals surface area contributed by atoms with E-state index in [0.717, 1.165) is 25.8 Å². The number of rotatable bonds is 9. The minimum atomic E-state index is 0.129. The van der Waals surface area contributed by atoms with Crippen molar-refractivity contribution >= 4 is 0 Å². The van der Waals surface area contributed by atoms with Gasteiger partial charge >= 0.3 is 0 Å². The summed E-state index contributed by atoms with van der Waals surface area (Å²) in [5.74, 6) is 0.298. The van der Waals surface area contributed by atoms with Crippen LogP contribution in [-0.4, -0.2) is 29.6 Å². The monoisotopic (exact) mass is 374 g/mol. The molecule has 0 amide bonds. The molecule has 146 valence electrons. The minimum absolute atomic E-state index is 0.129. The molecule has 3 N–H and O–H groups in total. The third-order valence-electron chi connectivity index (χ3n) is 5.19. The highest BCUT2D eigenvalue weighted by Gasteiger charge is 2.18. The maximum Gasteiger partial charge on any atom is 0.115 e. The van der Waals surface area contributed by atoms with Gasteiger partial charge in [-0.25, -0.2) is 0 Å². The quantitative estimate of drug-likeness (QED) is 0.567. The van der Waals surface area contributed by atoms with Crippen molar-refractivity contribution < 1.29 is 5.11 Å². The summed E-state index contributed by atoms with van der Waals surface area (Å²) in [7, 11) is 2.19. The molecule has 0 saturated carbocycles. The molecule has 1 unspecified atom stereocenters. The summed E-state index contributed by atoms with van der Waals surface area (Å²) in [6.07, 6.45) is 2.86. The number of hydrogen-bond acceptors (Lipinski definition) is 3. The van der Waals surface area contributed by atoms with Crippen LogP contribution in [0.5, 0.6) is 5.75 Å². The molecule has 3 nitrogen and oxygen atoms in total. The zero-order valence-corrected chi connectivity index (χ0v) is 16.5. The van der Waals surface area contributed by atoms with E-state index >= 15 is 0 Å². The molecule has 0 fully saturated rings. The molecule has 1 atom stereocenters. The Labute approximate surface area is 168 Å². The first-order chi connectivity index (χ1) is 13.6. The van der Waals surface area contributed by atoms with E-state index in [1.807, 2.05) is 12.1 Å². The van der Waals surface area contributed by atoms with Crippen molar-refractivity contribution in [1.82, 2.24) is 4.90 Å². The summed E-state index contributed by atoms with van der Waals surface area (Å²) in [4.78, 5) is 2.41. The van der Waals surface area contributed by atoms with Crippen LogP contribution >= 0.6 is 0 Å². The predicted molar refractivity (Wildman–Crippen MR) is 116 cm³/mol. The van der Waals surface area contributed by atoms with Crippen LogP contribution in [0.4, 0.5) is 0 Å². The third kappa shape index (κ3) is 5.69. The fourth-order valence-corrected chi connectivity index (χ4v) is 3.74. The minimum Gasteiger partial charge on any atom is -0.508 e. The molecule has 3 aromatic carbocycles. The second-order valence-electron chi connectivity index (χ2n) is 7.48. The average Bonchev–Trinajstić information content (AvgIpc) is 2.71. The van der Waals surface area contributed by atoms with Gasteiger partial charge in [-0.1, -0.05) is 72.8 Å². The van der Waals surface area contributed by atoms with Gasteiger partial charge in [-0.15, -0.1) is 0 Å².